The lowest BCUT2D eigenvalue weighted by molar-refractivity contribution is -0.167. The van der Waals surface area contributed by atoms with Crippen LogP contribution in [0.25, 0.3) is 0 Å². The van der Waals surface area contributed by atoms with Gasteiger partial charge in [-0.05, 0) is 109 Å². The fraction of sp³-hybridized carbons (Fsp3) is 0.754. The van der Waals surface area contributed by atoms with Gasteiger partial charge in [-0.15, -0.1) is 0 Å². The summed E-state index contributed by atoms with van der Waals surface area (Å²) in [5, 5.41) is 0. The minimum Gasteiger partial charge on any atom is -0.462 e. The highest BCUT2D eigenvalue weighted by Crippen LogP contribution is 2.15. The largest absolute Gasteiger partial charge is 0.462 e. The van der Waals surface area contributed by atoms with E-state index >= 15 is 0 Å². The first kappa shape index (κ1) is 63.8. The average molecular weight is 936 g/mol. The molecule has 67 heavy (non-hydrogen) atoms. The van der Waals surface area contributed by atoms with E-state index in [0.717, 1.165) is 96.3 Å². The van der Waals surface area contributed by atoms with Crippen molar-refractivity contribution in [1.29, 1.82) is 0 Å². The van der Waals surface area contributed by atoms with E-state index in [0.29, 0.717) is 19.3 Å². The summed E-state index contributed by atoms with van der Waals surface area (Å²) in [4.78, 5) is 38.1. The molecule has 0 aliphatic heterocycles. The molecule has 0 bridgehead atoms. The van der Waals surface area contributed by atoms with Gasteiger partial charge in [0.15, 0.2) is 6.10 Å². The third kappa shape index (κ3) is 53.7. The molecule has 0 aromatic rings. The summed E-state index contributed by atoms with van der Waals surface area (Å²) in [7, 11) is 0. The van der Waals surface area contributed by atoms with Gasteiger partial charge >= 0.3 is 17.9 Å². The molecule has 1 atom stereocenters. The van der Waals surface area contributed by atoms with Gasteiger partial charge in [-0.25, -0.2) is 0 Å². The van der Waals surface area contributed by atoms with E-state index < -0.39 is 6.10 Å². The van der Waals surface area contributed by atoms with Crippen molar-refractivity contribution < 1.29 is 28.6 Å². The molecular formula is C61H106O6. The number of rotatable bonds is 51. The zero-order valence-corrected chi connectivity index (χ0v) is 44.2. The van der Waals surface area contributed by atoms with E-state index in [9.17, 15) is 14.4 Å². The van der Waals surface area contributed by atoms with Crippen LogP contribution < -0.4 is 0 Å². The Balaban J connectivity index is 4.42. The van der Waals surface area contributed by atoms with Crippen molar-refractivity contribution in [3.8, 4) is 0 Å². The normalized spacial score (nSPS) is 12.6. The van der Waals surface area contributed by atoms with Crippen molar-refractivity contribution in [3.05, 3.63) is 72.9 Å². The zero-order valence-electron chi connectivity index (χ0n) is 44.2. The highest BCUT2D eigenvalue weighted by molar-refractivity contribution is 5.71. The Bertz CT molecular complexity index is 1260. The van der Waals surface area contributed by atoms with Gasteiger partial charge in [-0.2, -0.15) is 0 Å². The third-order valence-electron chi connectivity index (χ3n) is 12.2. The van der Waals surface area contributed by atoms with Crippen LogP contribution in [0.2, 0.25) is 0 Å². The second-order valence-corrected chi connectivity index (χ2v) is 18.8. The highest BCUT2D eigenvalue weighted by atomic mass is 16.6. The number of hydrogen-bond acceptors (Lipinski definition) is 6. The van der Waals surface area contributed by atoms with E-state index in [-0.39, 0.29) is 31.1 Å². The van der Waals surface area contributed by atoms with Gasteiger partial charge in [0.1, 0.15) is 13.2 Å². The number of hydrogen-bond donors (Lipinski definition) is 0. The molecular weight excluding hydrogens is 829 g/mol. The van der Waals surface area contributed by atoms with Gasteiger partial charge in [-0.1, -0.05) is 222 Å². The summed E-state index contributed by atoms with van der Waals surface area (Å²) in [6.45, 7) is 6.50. The SMILES string of the molecule is CC/C=C\C/C=C\C/C=C\C/C=C\CCCCCCC(=O)OC[C@H](COC(=O)CCCCCCCCC/C=C\CCCCCCCC)OC(=O)CCCCCCCCC/C=C\CCCCCC. The van der Waals surface area contributed by atoms with Gasteiger partial charge in [-0.3, -0.25) is 14.4 Å². The summed E-state index contributed by atoms with van der Waals surface area (Å²) in [5.74, 6) is -0.912. The van der Waals surface area contributed by atoms with Crippen LogP contribution in [-0.2, 0) is 28.6 Å². The molecule has 386 valence electrons. The van der Waals surface area contributed by atoms with Crippen molar-refractivity contribution in [2.24, 2.45) is 0 Å². The van der Waals surface area contributed by atoms with Gasteiger partial charge in [0, 0.05) is 19.3 Å². The predicted octanol–water partition coefficient (Wildman–Crippen LogP) is 19.0. The maximum absolute atomic E-state index is 12.8. The van der Waals surface area contributed by atoms with Crippen molar-refractivity contribution in [3.63, 3.8) is 0 Å². The monoisotopic (exact) mass is 935 g/mol. The standard InChI is InChI=1S/C61H106O6/c1-4-7-10-13-16-19-22-25-28-30-33-35-38-41-44-47-50-53-59(62)65-56-58(67-61(64)55-52-49-46-43-40-37-32-27-24-21-18-15-12-9-6-3)57-66-60(63)54-51-48-45-42-39-36-34-31-29-26-23-20-17-14-11-8-5-2/h7,10,16,19,21,24-26,28-29,33,35,58H,4-6,8-9,11-15,17-18,20,22-23,27,30-32,34,36-57H2,1-3H3/b10-7-,19-16-,24-21-,28-25-,29-26-,35-33-/t58-/m1/s1. The lowest BCUT2D eigenvalue weighted by Gasteiger charge is -2.18. The molecule has 0 unspecified atom stereocenters. The van der Waals surface area contributed by atoms with Crippen molar-refractivity contribution in [2.45, 2.75) is 284 Å². The molecule has 0 heterocycles. The number of carbonyl (C=O) groups is 3. The first-order chi connectivity index (χ1) is 33.0. The summed E-state index contributed by atoms with van der Waals surface area (Å²) in [5.41, 5.74) is 0. The van der Waals surface area contributed by atoms with Crippen LogP contribution in [-0.4, -0.2) is 37.2 Å². The van der Waals surface area contributed by atoms with Gasteiger partial charge in [0.05, 0.1) is 0 Å². The average Bonchev–Trinajstić information content (AvgIpc) is 3.33. The molecule has 0 aliphatic rings. The van der Waals surface area contributed by atoms with E-state index in [1.807, 2.05) is 0 Å². The zero-order chi connectivity index (χ0) is 48.6. The summed E-state index contributed by atoms with van der Waals surface area (Å²) < 4.78 is 16.8. The van der Waals surface area contributed by atoms with Crippen LogP contribution in [0, 0.1) is 0 Å². The van der Waals surface area contributed by atoms with Crippen LogP contribution in [0.3, 0.4) is 0 Å². The van der Waals surface area contributed by atoms with Crippen LogP contribution in [0.15, 0.2) is 72.9 Å². The minimum atomic E-state index is -0.790. The molecule has 0 aromatic heterocycles. The minimum absolute atomic E-state index is 0.0867. The fourth-order valence-electron chi connectivity index (χ4n) is 7.89. The number of unbranched alkanes of at least 4 members (excludes halogenated alkanes) is 28. The molecule has 0 spiro atoms. The maximum atomic E-state index is 12.8. The maximum Gasteiger partial charge on any atom is 0.306 e. The molecule has 6 heteroatoms. The molecule has 0 saturated heterocycles. The Kier molecular flexibility index (Phi) is 52.8. The summed E-state index contributed by atoms with van der Waals surface area (Å²) in [6, 6.07) is 0. The van der Waals surface area contributed by atoms with Gasteiger partial charge < -0.3 is 14.2 Å². The lowest BCUT2D eigenvalue weighted by Crippen LogP contribution is -2.30. The van der Waals surface area contributed by atoms with Gasteiger partial charge in [0.2, 0.25) is 0 Å². The smallest absolute Gasteiger partial charge is 0.306 e. The van der Waals surface area contributed by atoms with E-state index in [1.165, 1.54) is 141 Å². The second-order valence-electron chi connectivity index (χ2n) is 18.8. The summed E-state index contributed by atoms with van der Waals surface area (Å²) >= 11 is 0. The van der Waals surface area contributed by atoms with Crippen molar-refractivity contribution in [1.82, 2.24) is 0 Å². The number of allylic oxidation sites excluding steroid dienone is 12. The first-order valence-corrected chi connectivity index (χ1v) is 28.4. The molecule has 0 saturated carbocycles. The molecule has 0 N–H and O–H groups in total. The highest BCUT2D eigenvalue weighted by Gasteiger charge is 2.19. The Morgan fingerprint density at radius 1 is 0.313 bits per heavy atom. The van der Waals surface area contributed by atoms with Crippen molar-refractivity contribution >= 4 is 17.9 Å². The van der Waals surface area contributed by atoms with Crippen LogP contribution in [0.5, 0.6) is 0 Å². The van der Waals surface area contributed by atoms with E-state index in [2.05, 4.69) is 93.7 Å². The molecule has 0 amide bonds. The molecule has 0 rings (SSSR count). The Labute approximate surface area is 414 Å². The fourth-order valence-corrected chi connectivity index (χ4v) is 7.89. The molecule has 0 aromatic carbocycles. The van der Waals surface area contributed by atoms with Gasteiger partial charge in [0.25, 0.3) is 0 Å². The third-order valence-corrected chi connectivity index (χ3v) is 12.2. The molecule has 0 aliphatic carbocycles. The topological polar surface area (TPSA) is 78.9 Å². The van der Waals surface area contributed by atoms with Crippen LogP contribution in [0.4, 0.5) is 0 Å². The summed E-state index contributed by atoms with van der Waals surface area (Å²) in [6.07, 6.45) is 70.3. The Morgan fingerprint density at radius 2 is 0.582 bits per heavy atom. The number of esters is 3. The molecule has 0 fully saturated rings. The predicted molar refractivity (Wildman–Crippen MR) is 288 cm³/mol. The van der Waals surface area contributed by atoms with E-state index in [4.69, 9.17) is 14.2 Å². The Hall–Kier alpha value is -3.15. The Morgan fingerprint density at radius 3 is 0.940 bits per heavy atom. The van der Waals surface area contributed by atoms with Crippen molar-refractivity contribution in [2.75, 3.05) is 13.2 Å². The van der Waals surface area contributed by atoms with Crippen LogP contribution >= 0.6 is 0 Å². The first-order valence-electron chi connectivity index (χ1n) is 28.4. The molecule has 0 radical (unpaired) electrons. The second kappa shape index (κ2) is 55.4. The lowest BCUT2D eigenvalue weighted by atomic mass is 10.1. The van der Waals surface area contributed by atoms with E-state index in [1.54, 1.807) is 0 Å². The van der Waals surface area contributed by atoms with Crippen LogP contribution in [0.1, 0.15) is 278 Å². The molecule has 6 nitrogen and oxygen atoms in total. The number of carbonyl (C=O) groups excluding carboxylic acids is 3. The number of ether oxygens (including phenoxy) is 3. The quantitative estimate of drug-likeness (QED) is 0.0262.